The molecule has 1 saturated carbocycles. The minimum atomic E-state index is -0.271. The van der Waals surface area contributed by atoms with E-state index >= 15 is 0 Å². The number of alkyl halides is 1. The van der Waals surface area contributed by atoms with Gasteiger partial charge in [0.25, 0.3) is 0 Å². The summed E-state index contributed by atoms with van der Waals surface area (Å²) in [4.78, 5) is 23.4. The Balaban J connectivity index is 1.89. The molecule has 1 aliphatic carbocycles. The lowest BCUT2D eigenvalue weighted by Crippen LogP contribution is -2.16. The smallest absolute Gasteiger partial charge is 0.233 e. The Kier molecular flexibility index (Phi) is 3.12. The highest BCUT2D eigenvalue weighted by Gasteiger charge is 2.49. The van der Waals surface area contributed by atoms with Crippen LogP contribution >= 0.6 is 15.9 Å². The number of anilines is 2. The summed E-state index contributed by atoms with van der Waals surface area (Å²) in [5.41, 5.74) is 2.86. The molecule has 1 heterocycles. The predicted molar refractivity (Wildman–Crippen MR) is 81.9 cm³/mol. The summed E-state index contributed by atoms with van der Waals surface area (Å²) >= 11 is 3.76. The van der Waals surface area contributed by atoms with E-state index in [0.717, 1.165) is 5.56 Å². The summed E-state index contributed by atoms with van der Waals surface area (Å²) in [5, 5.41) is 5.53. The van der Waals surface area contributed by atoms with Gasteiger partial charge < -0.3 is 10.6 Å². The molecule has 0 aromatic heterocycles. The highest BCUT2D eigenvalue weighted by Crippen LogP contribution is 2.60. The van der Waals surface area contributed by atoms with Gasteiger partial charge in [0.15, 0.2) is 0 Å². The van der Waals surface area contributed by atoms with Gasteiger partial charge in [0.2, 0.25) is 11.8 Å². The molecule has 1 aliphatic heterocycles. The van der Waals surface area contributed by atoms with Crippen LogP contribution in [0.4, 0.5) is 11.4 Å². The third-order valence-electron chi connectivity index (χ3n) is 4.17. The molecule has 2 unspecified atom stereocenters. The first-order valence-electron chi connectivity index (χ1n) is 6.74. The molecule has 0 spiro atoms. The fourth-order valence-corrected chi connectivity index (χ4v) is 3.91. The summed E-state index contributed by atoms with van der Waals surface area (Å²) in [6.07, 6.45) is 1.07. The van der Waals surface area contributed by atoms with Crippen LogP contribution in [-0.4, -0.2) is 11.8 Å². The second kappa shape index (κ2) is 4.58. The van der Waals surface area contributed by atoms with Crippen molar-refractivity contribution in [2.24, 2.45) is 11.3 Å². The monoisotopic (exact) mass is 336 g/mol. The molecule has 5 heteroatoms. The minimum absolute atomic E-state index is 0.128. The SMILES string of the molecule is CC1(C)CC1C(Br)c1ccc2c(c1)NC(=O)CC(=O)N2. The van der Waals surface area contributed by atoms with Gasteiger partial charge in [0, 0.05) is 4.83 Å². The van der Waals surface area contributed by atoms with Crippen LogP contribution in [0.3, 0.4) is 0 Å². The van der Waals surface area contributed by atoms with E-state index in [1.54, 1.807) is 0 Å². The molecule has 20 heavy (non-hydrogen) atoms. The number of amides is 2. The van der Waals surface area contributed by atoms with Crippen molar-refractivity contribution in [1.29, 1.82) is 0 Å². The number of hydrogen-bond acceptors (Lipinski definition) is 2. The lowest BCUT2D eigenvalue weighted by molar-refractivity contribution is -0.123. The molecule has 1 aromatic rings. The first kappa shape index (κ1) is 13.6. The van der Waals surface area contributed by atoms with Gasteiger partial charge in [-0.3, -0.25) is 9.59 Å². The quantitative estimate of drug-likeness (QED) is 0.641. The standard InChI is InChI=1S/C15H17BrN2O2/c1-15(2)7-9(15)14(16)8-3-4-10-11(5-8)18-13(20)6-12(19)17-10/h3-5,9,14H,6-7H2,1-2H3,(H,17,19)(H,18,20). The summed E-state index contributed by atoms with van der Waals surface area (Å²) in [7, 11) is 0. The van der Waals surface area contributed by atoms with E-state index in [0.29, 0.717) is 22.7 Å². The number of hydrogen-bond donors (Lipinski definition) is 2. The van der Waals surface area contributed by atoms with E-state index in [4.69, 9.17) is 0 Å². The van der Waals surface area contributed by atoms with E-state index in [2.05, 4.69) is 40.4 Å². The Morgan fingerprint density at radius 1 is 1.20 bits per heavy atom. The van der Waals surface area contributed by atoms with Gasteiger partial charge in [0.05, 0.1) is 11.4 Å². The van der Waals surface area contributed by atoms with Crippen LogP contribution in [0, 0.1) is 11.3 Å². The number of carbonyl (C=O) groups is 2. The molecule has 106 valence electrons. The van der Waals surface area contributed by atoms with E-state index in [9.17, 15) is 9.59 Å². The van der Waals surface area contributed by atoms with Crippen molar-refractivity contribution in [3.63, 3.8) is 0 Å². The Labute approximate surface area is 126 Å². The van der Waals surface area contributed by atoms with Crippen molar-refractivity contribution in [3.05, 3.63) is 23.8 Å². The average Bonchev–Trinajstić information content (AvgIpc) is 3.01. The van der Waals surface area contributed by atoms with E-state index in [1.165, 1.54) is 6.42 Å². The summed E-state index contributed by atoms with van der Waals surface area (Å²) < 4.78 is 0. The first-order chi connectivity index (χ1) is 9.37. The van der Waals surface area contributed by atoms with Gasteiger partial charge in [-0.1, -0.05) is 35.8 Å². The van der Waals surface area contributed by atoms with Crippen molar-refractivity contribution >= 4 is 39.1 Å². The van der Waals surface area contributed by atoms with Gasteiger partial charge in [-0.25, -0.2) is 0 Å². The summed E-state index contributed by atoms with van der Waals surface area (Å²) in [6, 6.07) is 5.81. The molecule has 4 nitrogen and oxygen atoms in total. The molecule has 1 fully saturated rings. The Bertz CT molecular complexity index is 598. The molecule has 1 aromatic carbocycles. The molecular weight excluding hydrogens is 320 g/mol. The molecule has 2 aliphatic rings. The highest BCUT2D eigenvalue weighted by molar-refractivity contribution is 9.09. The normalized spacial score (nSPS) is 25.1. The van der Waals surface area contributed by atoms with E-state index in [-0.39, 0.29) is 23.1 Å². The van der Waals surface area contributed by atoms with Crippen molar-refractivity contribution in [2.75, 3.05) is 10.6 Å². The number of rotatable bonds is 2. The molecule has 2 amide bonds. The molecule has 2 atom stereocenters. The van der Waals surface area contributed by atoms with Crippen LogP contribution < -0.4 is 10.6 Å². The number of benzene rings is 1. The molecule has 0 bridgehead atoms. The number of halogens is 1. The Hall–Kier alpha value is -1.36. The number of nitrogens with one attached hydrogen (secondary N) is 2. The van der Waals surface area contributed by atoms with Crippen molar-refractivity contribution in [3.8, 4) is 0 Å². The van der Waals surface area contributed by atoms with Crippen LogP contribution in [0.2, 0.25) is 0 Å². The zero-order valence-corrected chi connectivity index (χ0v) is 13.1. The van der Waals surface area contributed by atoms with Crippen molar-refractivity contribution in [1.82, 2.24) is 0 Å². The lowest BCUT2D eigenvalue weighted by Gasteiger charge is -2.15. The van der Waals surface area contributed by atoms with Crippen LogP contribution in [0.15, 0.2) is 18.2 Å². The Morgan fingerprint density at radius 2 is 1.80 bits per heavy atom. The van der Waals surface area contributed by atoms with Crippen LogP contribution in [0.25, 0.3) is 0 Å². The topological polar surface area (TPSA) is 58.2 Å². The predicted octanol–water partition coefficient (Wildman–Crippen LogP) is 3.45. The third-order valence-corrected chi connectivity index (χ3v) is 5.34. The minimum Gasteiger partial charge on any atom is -0.324 e. The molecule has 0 saturated heterocycles. The first-order valence-corrected chi connectivity index (χ1v) is 7.66. The zero-order valence-electron chi connectivity index (χ0n) is 11.5. The zero-order chi connectivity index (χ0) is 14.5. The average molecular weight is 337 g/mol. The maximum absolute atomic E-state index is 11.6. The second-order valence-electron chi connectivity index (χ2n) is 6.28. The van der Waals surface area contributed by atoms with Crippen molar-refractivity contribution < 1.29 is 9.59 Å². The van der Waals surface area contributed by atoms with Gasteiger partial charge in [-0.05, 0) is 35.4 Å². The van der Waals surface area contributed by atoms with Crippen LogP contribution in [0.5, 0.6) is 0 Å². The van der Waals surface area contributed by atoms with Gasteiger partial charge in [-0.15, -0.1) is 0 Å². The maximum atomic E-state index is 11.6. The fraction of sp³-hybridized carbons (Fsp3) is 0.467. The fourth-order valence-electron chi connectivity index (χ4n) is 2.72. The summed E-state index contributed by atoms with van der Waals surface area (Å²) in [6.45, 7) is 4.52. The number of fused-ring (bicyclic) bond motifs is 1. The molecule has 0 radical (unpaired) electrons. The van der Waals surface area contributed by atoms with Crippen molar-refractivity contribution in [2.45, 2.75) is 31.5 Å². The second-order valence-corrected chi connectivity index (χ2v) is 7.27. The maximum Gasteiger partial charge on any atom is 0.233 e. The van der Waals surface area contributed by atoms with Crippen LogP contribution in [-0.2, 0) is 9.59 Å². The summed E-state index contributed by atoms with van der Waals surface area (Å²) in [5.74, 6) is 0.0700. The van der Waals surface area contributed by atoms with E-state index < -0.39 is 0 Å². The van der Waals surface area contributed by atoms with Gasteiger partial charge >= 0.3 is 0 Å². The molecule has 2 N–H and O–H groups in total. The number of carbonyl (C=O) groups excluding carboxylic acids is 2. The third kappa shape index (κ3) is 2.46. The largest absolute Gasteiger partial charge is 0.324 e. The molecular formula is C15H17BrN2O2. The molecule has 3 rings (SSSR count). The van der Waals surface area contributed by atoms with Gasteiger partial charge in [-0.2, -0.15) is 0 Å². The highest BCUT2D eigenvalue weighted by atomic mass is 79.9. The Morgan fingerprint density at radius 3 is 2.40 bits per heavy atom. The van der Waals surface area contributed by atoms with Gasteiger partial charge in [0.1, 0.15) is 6.42 Å². The van der Waals surface area contributed by atoms with E-state index in [1.807, 2.05) is 18.2 Å². The lowest BCUT2D eigenvalue weighted by atomic mass is 10.0. The van der Waals surface area contributed by atoms with Crippen LogP contribution in [0.1, 0.15) is 37.1 Å².